The summed E-state index contributed by atoms with van der Waals surface area (Å²) in [4.78, 5) is 0. The molecule has 2 atom stereocenters. The highest BCUT2D eigenvalue weighted by Gasteiger charge is 2.30. The normalized spacial score (nSPS) is 18.6. The summed E-state index contributed by atoms with van der Waals surface area (Å²) in [5.74, 6) is 0. The lowest BCUT2D eigenvalue weighted by molar-refractivity contribution is 0.0197. The Morgan fingerprint density at radius 1 is 1.20 bits per heavy atom. The Bertz CT molecular complexity index is 99.7. The minimum atomic E-state index is -1.70. The van der Waals surface area contributed by atoms with Gasteiger partial charge in [-0.1, -0.05) is 19.6 Å². The van der Waals surface area contributed by atoms with Crippen molar-refractivity contribution in [1.82, 2.24) is 0 Å². The van der Waals surface area contributed by atoms with E-state index in [2.05, 4.69) is 0 Å². The minimum Gasteiger partial charge on any atom is -0.394 e. The smallest absolute Gasteiger partial charge is 0.0999 e. The van der Waals surface area contributed by atoms with E-state index in [1.165, 1.54) is 0 Å². The highest BCUT2D eigenvalue weighted by Crippen LogP contribution is 2.10. The molecule has 0 aromatic heterocycles. The molecule has 0 bridgehead atoms. The van der Waals surface area contributed by atoms with Crippen molar-refractivity contribution in [2.45, 2.75) is 31.5 Å². The van der Waals surface area contributed by atoms with Gasteiger partial charge in [-0.2, -0.15) is 0 Å². The van der Waals surface area contributed by atoms with E-state index in [0.29, 0.717) is 0 Å². The van der Waals surface area contributed by atoms with Crippen molar-refractivity contribution in [2.75, 3.05) is 6.61 Å². The van der Waals surface area contributed by atoms with Gasteiger partial charge in [-0.15, -0.1) is 0 Å². The summed E-state index contributed by atoms with van der Waals surface area (Å²) in [5, 5.41) is 26.8. The third-order valence-electron chi connectivity index (χ3n) is 1.44. The summed E-state index contributed by atoms with van der Waals surface area (Å²) in [5.41, 5.74) is -0.725. The van der Waals surface area contributed by atoms with Gasteiger partial charge in [-0.3, -0.25) is 0 Å². The molecule has 0 unspecified atom stereocenters. The van der Waals surface area contributed by atoms with Crippen LogP contribution < -0.4 is 0 Å². The average Bonchev–Trinajstić information content (AvgIpc) is 1.83. The van der Waals surface area contributed by atoms with Crippen molar-refractivity contribution < 1.29 is 15.3 Å². The molecule has 0 saturated carbocycles. The summed E-state index contributed by atoms with van der Waals surface area (Å²) in [6.07, 6.45) is -0.966. The lowest BCUT2D eigenvalue weighted by Gasteiger charge is -2.26. The average molecular weight is 164 g/mol. The quantitative estimate of drug-likeness (QED) is 0.496. The van der Waals surface area contributed by atoms with Crippen LogP contribution in [0.5, 0.6) is 0 Å². The van der Waals surface area contributed by atoms with Crippen LogP contribution in [0.2, 0.25) is 19.6 Å². The highest BCUT2D eigenvalue weighted by atomic mass is 28.3. The highest BCUT2D eigenvalue weighted by molar-refractivity contribution is 6.77. The number of aliphatic hydroxyl groups is 3. The first-order valence-corrected chi connectivity index (χ1v) is 6.94. The maximum Gasteiger partial charge on any atom is 0.0999 e. The molecule has 3 N–H and O–H groups in total. The lowest BCUT2D eigenvalue weighted by Crippen LogP contribution is -2.47. The van der Waals surface area contributed by atoms with Crippen molar-refractivity contribution in [1.29, 1.82) is 0 Å². The zero-order valence-corrected chi connectivity index (χ0v) is 7.70. The maximum atomic E-state index is 9.31. The first-order valence-electron chi connectivity index (χ1n) is 3.36. The van der Waals surface area contributed by atoms with Crippen molar-refractivity contribution in [3.05, 3.63) is 0 Å². The van der Waals surface area contributed by atoms with E-state index >= 15 is 0 Å². The van der Waals surface area contributed by atoms with E-state index in [9.17, 15) is 5.11 Å². The zero-order valence-electron chi connectivity index (χ0n) is 6.70. The second-order valence-electron chi connectivity index (χ2n) is 3.56. The molecule has 0 saturated heterocycles. The van der Waals surface area contributed by atoms with E-state index in [1.54, 1.807) is 0 Å². The molecule has 0 rings (SSSR count). The van der Waals surface area contributed by atoms with Crippen molar-refractivity contribution in [2.24, 2.45) is 0 Å². The Labute approximate surface area is 62.3 Å². The van der Waals surface area contributed by atoms with Crippen LogP contribution in [-0.2, 0) is 0 Å². The van der Waals surface area contributed by atoms with Crippen molar-refractivity contribution in [3.8, 4) is 0 Å². The van der Waals surface area contributed by atoms with Crippen LogP contribution in [0.3, 0.4) is 0 Å². The van der Waals surface area contributed by atoms with Gasteiger partial charge in [0.05, 0.1) is 26.5 Å². The van der Waals surface area contributed by atoms with Crippen LogP contribution in [0.4, 0.5) is 0 Å². The lowest BCUT2D eigenvalue weighted by atomic mass is 10.4. The summed E-state index contributed by atoms with van der Waals surface area (Å²) < 4.78 is 0. The Hall–Kier alpha value is 0.0969. The van der Waals surface area contributed by atoms with E-state index in [-0.39, 0.29) is 6.61 Å². The van der Waals surface area contributed by atoms with E-state index in [0.717, 1.165) is 0 Å². The largest absolute Gasteiger partial charge is 0.394 e. The molecule has 0 aromatic carbocycles. The predicted octanol–water partition coefficient (Wildman–Crippen LogP) is -0.422. The van der Waals surface area contributed by atoms with Gasteiger partial charge in [0.1, 0.15) is 0 Å². The molecule has 0 fully saturated rings. The molecule has 10 heavy (non-hydrogen) atoms. The second kappa shape index (κ2) is 3.48. The summed E-state index contributed by atoms with van der Waals surface area (Å²) in [7, 11) is -1.70. The van der Waals surface area contributed by atoms with E-state index < -0.39 is 19.9 Å². The van der Waals surface area contributed by atoms with Crippen molar-refractivity contribution in [3.63, 3.8) is 0 Å². The standard InChI is InChI=1S/C6H16O3Si/c1-10(2,3)6(9)5(8)4-7/h5-9H,4H2,1-3H3/t5-,6+/m0/s1. The molecule has 0 aliphatic heterocycles. The fourth-order valence-corrected chi connectivity index (χ4v) is 1.94. The number of hydrogen-bond acceptors (Lipinski definition) is 3. The van der Waals surface area contributed by atoms with Crippen LogP contribution in [0, 0.1) is 0 Å². The van der Waals surface area contributed by atoms with Gasteiger partial charge in [0.15, 0.2) is 0 Å². The summed E-state index contributed by atoms with van der Waals surface area (Å²) in [6, 6.07) is 0. The monoisotopic (exact) mass is 164 g/mol. The van der Waals surface area contributed by atoms with Crippen molar-refractivity contribution >= 4 is 8.07 Å². The first kappa shape index (κ1) is 10.1. The van der Waals surface area contributed by atoms with Crippen LogP contribution in [0.15, 0.2) is 0 Å². The van der Waals surface area contributed by atoms with Gasteiger partial charge < -0.3 is 15.3 Å². The molecule has 3 nitrogen and oxygen atoms in total. The fourth-order valence-electron chi connectivity index (χ4n) is 0.677. The third-order valence-corrected chi connectivity index (χ3v) is 3.60. The Morgan fingerprint density at radius 2 is 1.60 bits per heavy atom. The van der Waals surface area contributed by atoms with Crippen LogP contribution in [0.25, 0.3) is 0 Å². The predicted molar refractivity (Wildman–Crippen MR) is 42.4 cm³/mol. The molecule has 0 heterocycles. The second-order valence-corrected chi connectivity index (χ2v) is 8.88. The van der Waals surface area contributed by atoms with Gasteiger partial charge >= 0.3 is 0 Å². The number of rotatable bonds is 3. The van der Waals surface area contributed by atoms with Gasteiger partial charge in [0.25, 0.3) is 0 Å². The molecule has 0 amide bonds. The number of aliphatic hydroxyl groups excluding tert-OH is 3. The summed E-state index contributed by atoms with van der Waals surface area (Å²) in [6.45, 7) is 5.47. The minimum absolute atomic E-state index is 0.356. The fraction of sp³-hybridized carbons (Fsp3) is 1.00. The zero-order chi connectivity index (χ0) is 8.36. The van der Waals surface area contributed by atoms with E-state index in [4.69, 9.17) is 10.2 Å². The molecule has 4 heteroatoms. The van der Waals surface area contributed by atoms with Crippen LogP contribution >= 0.6 is 0 Å². The SMILES string of the molecule is C[Si](C)(C)[C@@H](O)[C@@H](O)CO. The molecular formula is C6H16O3Si. The Kier molecular flexibility index (Phi) is 3.51. The molecule has 0 radical (unpaired) electrons. The van der Waals surface area contributed by atoms with E-state index in [1.807, 2.05) is 19.6 Å². The molecule has 0 aliphatic carbocycles. The van der Waals surface area contributed by atoms with Crippen LogP contribution in [-0.4, -0.2) is 41.8 Å². The number of hydrogen-bond donors (Lipinski definition) is 3. The van der Waals surface area contributed by atoms with Gasteiger partial charge in [-0.25, -0.2) is 0 Å². The van der Waals surface area contributed by atoms with Gasteiger partial charge in [0, 0.05) is 0 Å². The maximum absolute atomic E-state index is 9.31. The molecular weight excluding hydrogens is 148 g/mol. The Morgan fingerprint density at radius 3 is 1.70 bits per heavy atom. The molecule has 0 spiro atoms. The topological polar surface area (TPSA) is 60.7 Å². The van der Waals surface area contributed by atoms with Gasteiger partial charge in [-0.05, 0) is 0 Å². The van der Waals surface area contributed by atoms with Crippen LogP contribution in [0.1, 0.15) is 0 Å². The third kappa shape index (κ3) is 2.79. The summed E-state index contributed by atoms with van der Waals surface area (Å²) >= 11 is 0. The van der Waals surface area contributed by atoms with Gasteiger partial charge in [0.2, 0.25) is 0 Å². The molecule has 62 valence electrons. The first-order chi connectivity index (χ1) is 4.39. The molecule has 0 aromatic rings. The molecule has 0 aliphatic rings. The Balaban J connectivity index is 3.94.